The van der Waals surface area contributed by atoms with Crippen molar-refractivity contribution in [1.82, 2.24) is 15.0 Å². The van der Waals surface area contributed by atoms with Crippen LogP contribution in [-0.4, -0.2) is 40.2 Å². The Morgan fingerprint density at radius 1 is 1.21 bits per heavy atom. The minimum Gasteiger partial charge on any atom is -0.376 e. The van der Waals surface area contributed by atoms with Crippen LogP contribution in [0.3, 0.4) is 0 Å². The lowest BCUT2D eigenvalue weighted by Gasteiger charge is -2.24. The number of benzene rings is 1. The number of rotatable bonds is 6. The molecule has 1 fully saturated rings. The Bertz CT molecular complexity index is 939. The standard InChI is InChI=1S/C21H20ClN3O3/c22-18-9-2-1-8-17(18)19-12-20(28-24-19)21(26)25(14-16-7-5-11-27-16)13-15-6-3-4-10-23-15/h1-4,6,8-10,12,16H,5,7,11,13-14H2. The molecule has 4 rings (SSSR count). The van der Waals surface area contributed by atoms with Crippen molar-refractivity contribution in [3.63, 3.8) is 0 Å². The highest BCUT2D eigenvalue weighted by Gasteiger charge is 2.26. The second-order valence-corrected chi connectivity index (χ2v) is 7.11. The van der Waals surface area contributed by atoms with Crippen LogP contribution in [0.4, 0.5) is 0 Å². The van der Waals surface area contributed by atoms with Crippen molar-refractivity contribution in [1.29, 1.82) is 0 Å². The van der Waals surface area contributed by atoms with Crippen LogP contribution in [0.2, 0.25) is 5.02 Å². The van der Waals surface area contributed by atoms with E-state index in [1.54, 1.807) is 23.2 Å². The molecule has 1 unspecified atom stereocenters. The molecule has 1 atom stereocenters. The normalized spacial score (nSPS) is 16.2. The summed E-state index contributed by atoms with van der Waals surface area (Å²) < 4.78 is 11.1. The van der Waals surface area contributed by atoms with Crippen molar-refractivity contribution in [3.05, 3.63) is 71.2 Å². The van der Waals surface area contributed by atoms with E-state index in [1.807, 2.05) is 36.4 Å². The number of hydrogen-bond acceptors (Lipinski definition) is 5. The lowest BCUT2D eigenvalue weighted by molar-refractivity contribution is 0.0474. The fourth-order valence-corrected chi connectivity index (χ4v) is 3.50. The van der Waals surface area contributed by atoms with Crippen LogP contribution in [-0.2, 0) is 11.3 Å². The van der Waals surface area contributed by atoms with Gasteiger partial charge in [0.2, 0.25) is 5.76 Å². The molecule has 0 aliphatic carbocycles. The molecule has 3 aromatic rings. The van der Waals surface area contributed by atoms with E-state index >= 15 is 0 Å². The van der Waals surface area contributed by atoms with Gasteiger partial charge in [-0.25, -0.2) is 0 Å². The number of amides is 1. The van der Waals surface area contributed by atoms with Gasteiger partial charge in [0.1, 0.15) is 5.69 Å². The zero-order valence-corrected chi connectivity index (χ0v) is 16.0. The molecule has 0 N–H and O–H groups in total. The van der Waals surface area contributed by atoms with Crippen molar-refractivity contribution < 1.29 is 14.1 Å². The van der Waals surface area contributed by atoms with Crippen LogP contribution in [0, 0.1) is 0 Å². The van der Waals surface area contributed by atoms with Crippen LogP contribution in [0.5, 0.6) is 0 Å². The summed E-state index contributed by atoms with van der Waals surface area (Å²) in [6.45, 7) is 1.59. The summed E-state index contributed by atoms with van der Waals surface area (Å²) >= 11 is 6.23. The zero-order valence-electron chi connectivity index (χ0n) is 15.3. The largest absolute Gasteiger partial charge is 0.376 e. The minimum absolute atomic E-state index is 0.0265. The lowest BCUT2D eigenvalue weighted by Crippen LogP contribution is -2.37. The summed E-state index contributed by atoms with van der Waals surface area (Å²) in [6, 6.07) is 14.6. The van der Waals surface area contributed by atoms with Gasteiger partial charge in [0.25, 0.3) is 5.91 Å². The van der Waals surface area contributed by atoms with Gasteiger partial charge in [-0.15, -0.1) is 0 Å². The van der Waals surface area contributed by atoms with Gasteiger partial charge in [-0.3, -0.25) is 9.78 Å². The van der Waals surface area contributed by atoms with Gasteiger partial charge in [-0.1, -0.05) is 41.0 Å². The number of carbonyl (C=O) groups excluding carboxylic acids is 1. The van der Waals surface area contributed by atoms with E-state index in [-0.39, 0.29) is 17.8 Å². The second kappa shape index (κ2) is 8.54. The maximum atomic E-state index is 13.1. The van der Waals surface area contributed by atoms with Crippen LogP contribution in [0.1, 0.15) is 29.1 Å². The Hall–Kier alpha value is -2.70. The van der Waals surface area contributed by atoms with Gasteiger partial charge in [-0.2, -0.15) is 0 Å². The van der Waals surface area contributed by atoms with Gasteiger partial charge in [0.15, 0.2) is 0 Å². The molecule has 1 aromatic carbocycles. The van der Waals surface area contributed by atoms with E-state index in [0.717, 1.165) is 30.7 Å². The molecule has 3 heterocycles. The van der Waals surface area contributed by atoms with Crippen LogP contribution < -0.4 is 0 Å². The number of nitrogens with zero attached hydrogens (tertiary/aromatic N) is 3. The number of pyridine rings is 1. The Balaban J connectivity index is 1.57. The Kier molecular flexibility index (Phi) is 5.69. The molecule has 0 spiro atoms. The van der Waals surface area contributed by atoms with Crippen molar-refractivity contribution >= 4 is 17.5 Å². The quantitative estimate of drug-likeness (QED) is 0.623. The Labute approximate surface area is 168 Å². The smallest absolute Gasteiger partial charge is 0.292 e. The SMILES string of the molecule is O=C(c1cc(-c2ccccc2Cl)no1)N(Cc1ccccn1)CC1CCCO1. The van der Waals surface area contributed by atoms with Crippen molar-refractivity contribution in [2.45, 2.75) is 25.5 Å². The topological polar surface area (TPSA) is 68.5 Å². The third-order valence-electron chi connectivity index (χ3n) is 4.68. The average molecular weight is 398 g/mol. The lowest BCUT2D eigenvalue weighted by atomic mass is 10.1. The molecular weight excluding hydrogens is 378 g/mol. The van der Waals surface area contributed by atoms with Gasteiger partial charge < -0.3 is 14.2 Å². The molecule has 1 aliphatic rings. The Morgan fingerprint density at radius 3 is 2.82 bits per heavy atom. The Morgan fingerprint density at radius 2 is 2.07 bits per heavy atom. The number of aromatic nitrogens is 2. The number of halogens is 1. The van der Waals surface area contributed by atoms with Crippen molar-refractivity contribution in [2.24, 2.45) is 0 Å². The molecule has 1 saturated heterocycles. The van der Waals surface area contributed by atoms with Gasteiger partial charge in [-0.05, 0) is 31.0 Å². The van der Waals surface area contributed by atoms with Crippen molar-refractivity contribution in [2.75, 3.05) is 13.2 Å². The fourth-order valence-electron chi connectivity index (χ4n) is 3.27. The molecule has 0 radical (unpaired) electrons. The average Bonchev–Trinajstić information content (AvgIpc) is 3.40. The van der Waals surface area contributed by atoms with Gasteiger partial charge in [0.05, 0.1) is 23.4 Å². The third-order valence-corrected chi connectivity index (χ3v) is 5.01. The predicted molar refractivity (Wildman–Crippen MR) is 105 cm³/mol. The summed E-state index contributed by atoms with van der Waals surface area (Å²) in [5.41, 5.74) is 2.06. The first-order valence-corrected chi connectivity index (χ1v) is 9.61. The zero-order chi connectivity index (χ0) is 19.3. The van der Waals surface area contributed by atoms with E-state index in [2.05, 4.69) is 10.1 Å². The maximum Gasteiger partial charge on any atom is 0.292 e. The molecule has 1 aliphatic heterocycles. The summed E-state index contributed by atoms with van der Waals surface area (Å²) in [4.78, 5) is 19.2. The van der Waals surface area contributed by atoms with E-state index < -0.39 is 0 Å². The molecular formula is C21H20ClN3O3. The predicted octanol–water partition coefficient (Wildman–Crippen LogP) is 4.21. The summed E-state index contributed by atoms with van der Waals surface area (Å²) in [7, 11) is 0. The molecule has 2 aromatic heterocycles. The van der Waals surface area contributed by atoms with Crippen LogP contribution >= 0.6 is 11.6 Å². The highest BCUT2D eigenvalue weighted by atomic mass is 35.5. The van der Waals surface area contributed by atoms with E-state index in [4.69, 9.17) is 20.9 Å². The van der Waals surface area contributed by atoms with E-state index in [0.29, 0.717) is 23.8 Å². The number of ether oxygens (including phenoxy) is 1. The van der Waals surface area contributed by atoms with Crippen LogP contribution in [0.25, 0.3) is 11.3 Å². The first-order valence-electron chi connectivity index (χ1n) is 9.23. The minimum atomic E-state index is -0.244. The number of carbonyl (C=O) groups is 1. The fraction of sp³-hybridized carbons (Fsp3) is 0.286. The van der Waals surface area contributed by atoms with Gasteiger partial charge >= 0.3 is 0 Å². The monoisotopic (exact) mass is 397 g/mol. The second-order valence-electron chi connectivity index (χ2n) is 6.70. The molecule has 144 valence electrons. The molecule has 28 heavy (non-hydrogen) atoms. The molecule has 1 amide bonds. The molecule has 0 bridgehead atoms. The summed E-state index contributed by atoms with van der Waals surface area (Å²) in [6.07, 6.45) is 3.69. The number of hydrogen-bond donors (Lipinski definition) is 0. The van der Waals surface area contributed by atoms with Crippen LogP contribution in [0.15, 0.2) is 59.3 Å². The molecule has 0 saturated carbocycles. The molecule has 7 heteroatoms. The highest BCUT2D eigenvalue weighted by Crippen LogP contribution is 2.27. The highest BCUT2D eigenvalue weighted by molar-refractivity contribution is 6.33. The molecule has 6 nitrogen and oxygen atoms in total. The van der Waals surface area contributed by atoms with E-state index in [9.17, 15) is 4.79 Å². The summed E-state index contributed by atoms with van der Waals surface area (Å²) in [5.74, 6) is -0.0733. The first-order chi connectivity index (χ1) is 13.7. The maximum absolute atomic E-state index is 13.1. The van der Waals surface area contributed by atoms with Crippen molar-refractivity contribution in [3.8, 4) is 11.3 Å². The van der Waals surface area contributed by atoms with E-state index in [1.165, 1.54) is 0 Å². The van der Waals surface area contributed by atoms with Gasteiger partial charge in [0, 0.05) is 31.0 Å². The third kappa shape index (κ3) is 4.24. The first kappa shape index (κ1) is 18.7. The summed E-state index contributed by atoms with van der Waals surface area (Å²) in [5, 5.41) is 4.59.